The van der Waals surface area contributed by atoms with Gasteiger partial charge in [0.05, 0.1) is 26.9 Å². The molecule has 2 rings (SSSR count). The molecule has 1 aromatic carbocycles. The lowest BCUT2D eigenvalue weighted by Gasteiger charge is -2.17. The van der Waals surface area contributed by atoms with E-state index in [1.165, 1.54) is 26.2 Å². The number of anilines is 1. The molecule has 1 amide bonds. The highest BCUT2D eigenvalue weighted by atomic mass is 16.5. The fraction of sp³-hybridized carbons (Fsp3) is 0.381. The van der Waals surface area contributed by atoms with Gasteiger partial charge in [-0.25, -0.2) is 4.79 Å². The summed E-state index contributed by atoms with van der Waals surface area (Å²) in [6, 6.07) is 4.89. The van der Waals surface area contributed by atoms with Crippen LogP contribution in [0.2, 0.25) is 0 Å². The summed E-state index contributed by atoms with van der Waals surface area (Å²) in [6.07, 6.45) is 0. The first kappa shape index (κ1) is 22.6. The van der Waals surface area contributed by atoms with Crippen molar-refractivity contribution in [3.63, 3.8) is 0 Å². The Bertz CT molecular complexity index is 945. The molecule has 0 aliphatic carbocycles. The fourth-order valence-electron chi connectivity index (χ4n) is 2.78. The molecule has 1 aromatic heterocycles. The van der Waals surface area contributed by atoms with Gasteiger partial charge in [-0.05, 0) is 39.8 Å². The van der Waals surface area contributed by atoms with E-state index in [0.717, 1.165) is 0 Å². The first-order valence-corrected chi connectivity index (χ1v) is 9.41. The van der Waals surface area contributed by atoms with Gasteiger partial charge in [-0.2, -0.15) is 5.26 Å². The summed E-state index contributed by atoms with van der Waals surface area (Å²) in [4.78, 5) is 24.8. The zero-order valence-corrected chi connectivity index (χ0v) is 17.6. The van der Waals surface area contributed by atoms with Crippen LogP contribution in [-0.2, 0) is 4.74 Å². The highest BCUT2D eigenvalue weighted by molar-refractivity contribution is 6.06. The molecule has 2 aromatic rings. The average Bonchev–Trinajstić information content (AvgIpc) is 3.04. The van der Waals surface area contributed by atoms with Gasteiger partial charge >= 0.3 is 5.97 Å². The standard InChI is InChI=1S/C21H24N2O7/c1-6-27-15-9-13(10-16(28-7-2)18(15)29-8-3)19(24)23-20-14(11-22)17(12(4)30-20)21(25)26-5/h9-10H,6-8H2,1-5H3,(H,23,24). The van der Waals surface area contributed by atoms with Crippen molar-refractivity contribution >= 4 is 17.8 Å². The maximum absolute atomic E-state index is 12.9. The molecule has 1 N–H and O–H groups in total. The molecule has 0 atom stereocenters. The van der Waals surface area contributed by atoms with E-state index in [9.17, 15) is 14.9 Å². The summed E-state index contributed by atoms with van der Waals surface area (Å²) in [6.45, 7) is 8.04. The lowest BCUT2D eigenvalue weighted by molar-refractivity contribution is 0.0598. The fourth-order valence-corrected chi connectivity index (χ4v) is 2.78. The SMILES string of the molecule is CCOc1cc(C(=O)Nc2oc(C)c(C(=O)OC)c2C#N)cc(OCC)c1OCC. The van der Waals surface area contributed by atoms with E-state index >= 15 is 0 Å². The highest BCUT2D eigenvalue weighted by Gasteiger charge is 2.26. The molecular formula is C21H24N2O7. The number of carbonyl (C=O) groups is 2. The third kappa shape index (κ3) is 4.66. The minimum Gasteiger partial charge on any atom is -0.490 e. The van der Waals surface area contributed by atoms with E-state index in [1.807, 2.05) is 26.8 Å². The molecule has 0 spiro atoms. The van der Waals surface area contributed by atoms with Crippen LogP contribution >= 0.6 is 0 Å². The third-order valence-electron chi connectivity index (χ3n) is 3.98. The number of nitrogens with zero attached hydrogens (tertiary/aromatic N) is 1. The van der Waals surface area contributed by atoms with E-state index < -0.39 is 11.9 Å². The Morgan fingerprint density at radius 3 is 2.10 bits per heavy atom. The molecule has 0 saturated carbocycles. The lowest BCUT2D eigenvalue weighted by Crippen LogP contribution is -2.14. The van der Waals surface area contributed by atoms with Gasteiger partial charge in [-0.15, -0.1) is 0 Å². The van der Waals surface area contributed by atoms with Gasteiger partial charge in [0, 0.05) is 5.56 Å². The van der Waals surface area contributed by atoms with E-state index in [0.29, 0.717) is 37.1 Å². The van der Waals surface area contributed by atoms with Gasteiger partial charge in [0.2, 0.25) is 11.6 Å². The van der Waals surface area contributed by atoms with Gasteiger partial charge in [0.25, 0.3) is 5.91 Å². The van der Waals surface area contributed by atoms with E-state index in [4.69, 9.17) is 18.6 Å². The molecule has 30 heavy (non-hydrogen) atoms. The van der Waals surface area contributed by atoms with Crippen LogP contribution in [0.3, 0.4) is 0 Å². The largest absolute Gasteiger partial charge is 0.490 e. The maximum atomic E-state index is 12.9. The molecule has 0 unspecified atom stereocenters. The smallest absolute Gasteiger partial charge is 0.342 e. The van der Waals surface area contributed by atoms with Crippen LogP contribution in [0.25, 0.3) is 0 Å². The van der Waals surface area contributed by atoms with Crippen molar-refractivity contribution in [3.8, 4) is 23.3 Å². The molecule has 0 aliphatic heterocycles. The molecule has 160 valence electrons. The van der Waals surface area contributed by atoms with Crippen molar-refractivity contribution in [1.82, 2.24) is 0 Å². The van der Waals surface area contributed by atoms with Crippen LogP contribution in [0.15, 0.2) is 16.5 Å². The van der Waals surface area contributed by atoms with Gasteiger partial charge in [-0.3, -0.25) is 10.1 Å². The molecule has 0 fully saturated rings. The zero-order valence-electron chi connectivity index (χ0n) is 17.6. The Labute approximate surface area is 174 Å². The third-order valence-corrected chi connectivity index (χ3v) is 3.98. The monoisotopic (exact) mass is 416 g/mol. The first-order chi connectivity index (χ1) is 14.4. The Balaban J connectivity index is 2.47. The predicted molar refractivity (Wildman–Crippen MR) is 107 cm³/mol. The quantitative estimate of drug-likeness (QED) is 0.615. The highest BCUT2D eigenvalue weighted by Crippen LogP contribution is 2.39. The molecule has 0 saturated heterocycles. The van der Waals surface area contributed by atoms with Crippen LogP contribution in [-0.4, -0.2) is 38.8 Å². The number of aryl methyl sites for hydroxylation is 1. The molecule has 9 nitrogen and oxygen atoms in total. The number of amides is 1. The normalized spacial score (nSPS) is 10.1. The average molecular weight is 416 g/mol. The summed E-state index contributed by atoms with van der Waals surface area (Å²) in [5.41, 5.74) is 0.0450. The summed E-state index contributed by atoms with van der Waals surface area (Å²) < 4.78 is 26.9. The van der Waals surface area contributed by atoms with E-state index in [-0.39, 0.29) is 28.3 Å². The van der Waals surface area contributed by atoms with Crippen LogP contribution in [0.1, 0.15) is 52.8 Å². The van der Waals surface area contributed by atoms with Gasteiger partial charge < -0.3 is 23.4 Å². The molecule has 9 heteroatoms. The number of nitrogens with one attached hydrogen (secondary N) is 1. The summed E-state index contributed by atoms with van der Waals surface area (Å²) in [5.74, 6) is -0.204. The minimum atomic E-state index is -0.730. The van der Waals surface area contributed by atoms with Gasteiger partial charge in [-0.1, -0.05) is 0 Å². The number of furan rings is 1. The second-order valence-electron chi connectivity index (χ2n) is 5.90. The number of hydrogen-bond acceptors (Lipinski definition) is 8. The zero-order chi connectivity index (χ0) is 22.3. The summed E-state index contributed by atoms with van der Waals surface area (Å²) in [7, 11) is 1.19. The van der Waals surface area contributed by atoms with Gasteiger partial charge in [0.1, 0.15) is 23.0 Å². The number of methoxy groups -OCH3 is 1. The lowest BCUT2D eigenvalue weighted by atomic mass is 10.1. The topological polar surface area (TPSA) is 120 Å². The molecule has 0 radical (unpaired) electrons. The van der Waals surface area contributed by atoms with E-state index in [2.05, 4.69) is 10.1 Å². The Morgan fingerprint density at radius 1 is 1.07 bits per heavy atom. The second-order valence-corrected chi connectivity index (χ2v) is 5.90. The Morgan fingerprint density at radius 2 is 1.63 bits per heavy atom. The van der Waals surface area contributed by atoms with Crippen molar-refractivity contribution in [2.24, 2.45) is 0 Å². The van der Waals surface area contributed by atoms with Crippen molar-refractivity contribution in [3.05, 3.63) is 34.6 Å². The minimum absolute atomic E-state index is 0.0352. The van der Waals surface area contributed by atoms with Crippen LogP contribution in [0.5, 0.6) is 17.2 Å². The first-order valence-electron chi connectivity index (χ1n) is 9.41. The van der Waals surface area contributed by atoms with Crippen molar-refractivity contribution in [1.29, 1.82) is 5.26 Å². The maximum Gasteiger partial charge on any atom is 0.342 e. The number of benzene rings is 1. The van der Waals surface area contributed by atoms with Crippen LogP contribution in [0, 0.1) is 18.3 Å². The number of hydrogen-bond donors (Lipinski definition) is 1. The number of esters is 1. The van der Waals surface area contributed by atoms with Crippen molar-refractivity contribution in [2.75, 3.05) is 32.2 Å². The number of carbonyl (C=O) groups excluding carboxylic acids is 2. The Hall–Kier alpha value is -3.67. The number of rotatable bonds is 9. The van der Waals surface area contributed by atoms with Gasteiger partial charge in [0.15, 0.2) is 11.5 Å². The van der Waals surface area contributed by atoms with Crippen molar-refractivity contribution in [2.45, 2.75) is 27.7 Å². The van der Waals surface area contributed by atoms with E-state index in [1.54, 1.807) is 0 Å². The molecule has 0 aliphatic rings. The van der Waals surface area contributed by atoms with Crippen LogP contribution < -0.4 is 19.5 Å². The van der Waals surface area contributed by atoms with Crippen LogP contribution in [0.4, 0.5) is 5.88 Å². The molecular weight excluding hydrogens is 392 g/mol. The summed E-state index contributed by atoms with van der Waals surface area (Å²) in [5, 5.41) is 12.0. The number of nitriles is 1. The van der Waals surface area contributed by atoms with Crippen molar-refractivity contribution < 1.29 is 33.0 Å². The predicted octanol–water partition coefficient (Wildman–Crippen LogP) is 3.69. The second kappa shape index (κ2) is 10.2. The molecule has 0 bridgehead atoms. The Kier molecular flexibility index (Phi) is 7.69. The molecule has 1 heterocycles. The summed E-state index contributed by atoms with van der Waals surface area (Å²) >= 11 is 0. The number of ether oxygens (including phenoxy) is 4.